The van der Waals surface area contributed by atoms with Crippen molar-refractivity contribution in [1.29, 1.82) is 5.26 Å². The maximum absolute atomic E-state index is 9.54. The first-order valence-electron chi connectivity index (χ1n) is 7.12. The van der Waals surface area contributed by atoms with E-state index in [-0.39, 0.29) is 0 Å². The maximum atomic E-state index is 9.54. The molecule has 1 N–H and O–H groups in total. The third-order valence-electron chi connectivity index (χ3n) is 4.10. The second-order valence-corrected chi connectivity index (χ2v) is 5.99. The first-order valence-corrected chi connectivity index (χ1v) is 7.50. The monoisotopic (exact) mass is 276 g/mol. The molecule has 1 aromatic rings. The average molecular weight is 277 g/mol. The molecule has 0 atom stereocenters. The molecule has 102 valence electrons. The van der Waals surface area contributed by atoms with Crippen LogP contribution in [0.2, 0.25) is 5.02 Å². The third kappa shape index (κ3) is 3.64. The Labute approximate surface area is 120 Å². The third-order valence-corrected chi connectivity index (χ3v) is 4.35. The van der Waals surface area contributed by atoms with Gasteiger partial charge in [-0.2, -0.15) is 5.26 Å². The molecule has 2 nitrogen and oxygen atoms in total. The number of halogens is 1. The van der Waals surface area contributed by atoms with E-state index in [9.17, 15) is 5.26 Å². The SMILES string of the molecule is CCCC1CCC(C#N)(Nc2ccc(Cl)cc2)CC1. The summed E-state index contributed by atoms with van der Waals surface area (Å²) in [6.45, 7) is 2.23. The molecule has 0 aromatic heterocycles. The Morgan fingerprint density at radius 3 is 2.47 bits per heavy atom. The van der Waals surface area contributed by atoms with Crippen molar-refractivity contribution in [2.45, 2.75) is 51.0 Å². The number of rotatable bonds is 4. The highest BCUT2D eigenvalue weighted by Crippen LogP contribution is 2.36. The van der Waals surface area contributed by atoms with Crippen LogP contribution in [0.3, 0.4) is 0 Å². The zero-order valence-electron chi connectivity index (χ0n) is 11.5. The molecule has 19 heavy (non-hydrogen) atoms. The first-order chi connectivity index (χ1) is 9.17. The fourth-order valence-corrected chi connectivity index (χ4v) is 3.07. The molecule has 0 amide bonds. The molecule has 1 aromatic carbocycles. The number of benzene rings is 1. The van der Waals surface area contributed by atoms with Gasteiger partial charge in [0.15, 0.2) is 0 Å². The molecule has 0 radical (unpaired) electrons. The Kier molecular flexibility index (Phi) is 4.71. The van der Waals surface area contributed by atoms with Gasteiger partial charge >= 0.3 is 0 Å². The van der Waals surface area contributed by atoms with Crippen molar-refractivity contribution >= 4 is 17.3 Å². The molecule has 0 spiro atoms. The summed E-state index contributed by atoms with van der Waals surface area (Å²) in [6, 6.07) is 10.1. The van der Waals surface area contributed by atoms with E-state index in [1.807, 2.05) is 24.3 Å². The topological polar surface area (TPSA) is 35.8 Å². The van der Waals surface area contributed by atoms with Crippen LogP contribution in [-0.4, -0.2) is 5.54 Å². The van der Waals surface area contributed by atoms with Gasteiger partial charge in [0.05, 0.1) is 6.07 Å². The minimum atomic E-state index is -0.391. The lowest BCUT2D eigenvalue weighted by molar-refractivity contribution is 0.282. The van der Waals surface area contributed by atoms with E-state index in [1.54, 1.807) is 0 Å². The molecule has 1 aliphatic carbocycles. The summed E-state index contributed by atoms with van der Waals surface area (Å²) in [4.78, 5) is 0. The van der Waals surface area contributed by atoms with Gasteiger partial charge < -0.3 is 5.32 Å². The number of nitrogens with one attached hydrogen (secondary N) is 1. The molecule has 2 rings (SSSR count). The standard InChI is InChI=1S/C16H21ClN2/c1-2-3-13-8-10-16(12-18,11-9-13)19-15-6-4-14(17)5-7-15/h4-7,13,19H,2-3,8-11H2,1H3. The predicted molar refractivity (Wildman–Crippen MR) is 80.3 cm³/mol. The van der Waals surface area contributed by atoms with Crippen molar-refractivity contribution < 1.29 is 0 Å². The van der Waals surface area contributed by atoms with Gasteiger partial charge in [0, 0.05) is 10.7 Å². The Hall–Kier alpha value is -1.20. The van der Waals surface area contributed by atoms with Crippen LogP contribution in [0.1, 0.15) is 45.4 Å². The van der Waals surface area contributed by atoms with Gasteiger partial charge in [0.25, 0.3) is 0 Å². The number of hydrogen-bond donors (Lipinski definition) is 1. The van der Waals surface area contributed by atoms with Gasteiger partial charge in [0.2, 0.25) is 0 Å². The minimum Gasteiger partial charge on any atom is -0.367 e. The Morgan fingerprint density at radius 2 is 1.95 bits per heavy atom. The summed E-state index contributed by atoms with van der Waals surface area (Å²) >= 11 is 5.88. The number of anilines is 1. The summed E-state index contributed by atoms with van der Waals surface area (Å²) in [6.07, 6.45) is 6.73. The highest BCUT2D eigenvalue weighted by atomic mass is 35.5. The lowest BCUT2D eigenvalue weighted by atomic mass is 9.75. The Balaban J connectivity index is 2.01. The molecule has 0 bridgehead atoms. The summed E-state index contributed by atoms with van der Waals surface area (Å²) in [5.74, 6) is 0.804. The van der Waals surface area contributed by atoms with Gasteiger partial charge in [0.1, 0.15) is 5.54 Å². The van der Waals surface area contributed by atoms with Crippen LogP contribution in [0, 0.1) is 17.2 Å². The second-order valence-electron chi connectivity index (χ2n) is 5.56. The van der Waals surface area contributed by atoms with Gasteiger partial charge in [-0.05, 0) is 55.9 Å². The maximum Gasteiger partial charge on any atom is 0.125 e. The van der Waals surface area contributed by atoms with Crippen molar-refractivity contribution in [2.75, 3.05) is 5.32 Å². The van der Waals surface area contributed by atoms with E-state index in [0.29, 0.717) is 0 Å². The average Bonchev–Trinajstić information content (AvgIpc) is 2.44. The van der Waals surface area contributed by atoms with Crippen LogP contribution in [0.5, 0.6) is 0 Å². The molecule has 0 aliphatic heterocycles. The predicted octanol–water partition coefficient (Wildman–Crippen LogP) is 5.00. The molecule has 1 aliphatic rings. The quantitative estimate of drug-likeness (QED) is 0.839. The van der Waals surface area contributed by atoms with Gasteiger partial charge in [-0.3, -0.25) is 0 Å². The number of nitriles is 1. The number of hydrogen-bond acceptors (Lipinski definition) is 2. The molecule has 1 saturated carbocycles. The summed E-state index contributed by atoms with van der Waals surface area (Å²) in [7, 11) is 0. The lowest BCUT2D eigenvalue weighted by Gasteiger charge is -2.36. The van der Waals surface area contributed by atoms with E-state index in [0.717, 1.165) is 42.3 Å². The van der Waals surface area contributed by atoms with Crippen molar-refractivity contribution in [3.8, 4) is 6.07 Å². The van der Waals surface area contributed by atoms with Gasteiger partial charge in [-0.1, -0.05) is 31.4 Å². The Bertz CT molecular complexity index is 439. The van der Waals surface area contributed by atoms with Crippen molar-refractivity contribution in [3.05, 3.63) is 29.3 Å². The summed E-state index contributed by atoms with van der Waals surface area (Å²) in [5.41, 5.74) is 0.595. The molecule has 1 fully saturated rings. The van der Waals surface area contributed by atoms with E-state index < -0.39 is 5.54 Å². The van der Waals surface area contributed by atoms with Crippen LogP contribution in [0.25, 0.3) is 0 Å². The fourth-order valence-electron chi connectivity index (χ4n) is 2.94. The molecule has 0 heterocycles. The zero-order valence-corrected chi connectivity index (χ0v) is 12.2. The largest absolute Gasteiger partial charge is 0.367 e. The van der Waals surface area contributed by atoms with Crippen LogP contribution in [0.4, 0.5) is 5.69 Å². The number of nitrogens with zero attached hydrogens (tertiary/aromatic N) is 1. The second kappa shape index (κ2) is 6.30. The van der Waals surface area contributed by atoms with Gasteiger partial charge in [-0.15, -0.1) is 0 Å². The molecule has 0 saturated heterocycles. The van der Waals surface area contributed by atoms with E-state index in [4.69, 9.17) is 11.6 Å². The van der Waals surface area contributed by atoms with Crippen LogP contribution >= 0.6 is 11.6 Å². The van der Waals surface area contributed by atoms with Crippen LogP contribution in [-0.2, 0) is 0 Å². The highest BCUT2D eigenvalue weighted by Gasteiger charge is 2.35. The summed E-state index contributed by atoms with van der Waals surface area (Å²) < 4.78 is 0. The molecule has 0 unspecified atom stereocenters. The van der Waals surface area contributed by atoms with E-state index in [2.05, 4.69) is 18.3 Å². The summed E-state index contributed by atoms with van der Waals surface area (Å²) in [5, 5.41) is 13.7. The van der Waals surface area contributed by atoms with Crippen molar-refractivity contribution in [1.82, 2.24) is 0 Å². The first kappa shape index (κ1) is 14.2. The van der Waals surface area contributed by atoms with Crippen LogP contribution < -0.4 is 5.32 Å². The molecule has 3 heteroatoms. The lowest BCUT2D eigenvalue weighted by Crippen LogP contribution is -2.40. The highest BCUT2D eigenvalue weighted by molar-refractivity contribution is 6.30. The molecular weight excluding hydrogens is 256 g/mol. The fraction of sp³-hybridized carbons (Fsp3) is 0.562. The minimum absolute atomic E-state index is 0.391. The zero-order chi connectivity index (χ0) is 13.7. The normalized spacial score (nSPS) is 26.7. The van der Waals surface area contributed by atoms with Crippen LogP contribution in [0.15, 0.2) is 24.3 Å². The smallest absolute Gasteiger partial charge is 0.125 e. The van der Waals surface area contributed by atoms with E-state index in [1.165, 1.54) is 12.8 Å². The van der Waals surface area contributed by atoms with Crippen molar-refractivity contribution in [3.63, 3.8) is 0 Å². The Morgan fingerprint density at radius 1 is 1.32 bits per heavy atom. The molecular formula is C16H21ClN2. The van der Waals surface area contributed by atoms with Crippen molar-refractivity contribution in [2.24, 2.45) is 5.92 Å². The van der Waals surface area contributed by atoms with E-state index >= 15 is 0 Å². The van der Waals surface area contributed by atoms with Gasteiger partial charge in [-0.25, -0.2) is 0 Å².